The van der Waals surface area contributed by atoms with E-state index >= 15 is 0 Å². The molecule has 9 atom stereocenters. The highest BCUT2D eigenvalue weighted by atomic mass is 16.7. The Morgan fingerprint density at radius 3 is 1.30 bits per heavy atom. The lowest BCUT2D eigenvalue weighted by molar-refractivity contribution is -0.303. The summed E-state index contributed by atoms with van der Waals surface area (Å²) in [6, 6.07) is -1.16. The molecule has 0 bridgehead atoms. The zero-order valence-electron chi connectivity index (χ0n) is 36.6. The van der Waals surface area contributed by atoms with E-state index in [1.807, 2.05) is 0 Å². The van der Waals surface area contributed by atoms with Crippen LogP contribution < -0.4 is 5.32 Å². The van der Waals surface area contributed by atoms with Gasteiger partial charge in [-0.3, -0.25) is 4.79 Å². The topological polar surface area (TPSA) is 189 Å². The Morgan fingerprint density at radius 2 is 0.912 bits per heavy atom. The van der Waals surface area contributed by atoms with Gasteiger partial charge in [-0.15, -0.1) is 0 Å². The highest BCUT2D eigenvalue weighted by Gasteiger charge is 2.44. The van der Waals surface area contributed by atoms with E-state index in [9.17, 15) is 40.5 Å². The Labute approximate surface area is 348 Å². The molecule has 11 nitrogen and oxygen atoms in total. The van der Waals surface area contributed by atoms with Gasteiger partial charge in [-0.05, 0) is 12.8 Å². The number of rotatable bonds is 40. The number of ether oxygens (including phenoxy) is 2. The Hall–Kier alpha value is -0.890. The number of nitrogens with one attached hydrogen (secondary N) is 1. The minimum atomic E-state index is -1.66. The van der Waals surface area contributed by atoms with Gasteiger partial charge in [-0.1, -0.05) is 206 Å². The van der Waals surface area contributed by atoms with Crippen molar-refractivity contribution in [3.05, 3.63) is 0 Å². The van der Waals surface area contributed by atoms with Gasteiger partial charge in [0.1, 0.15) is 36.6 Å². The van der Waals surface area contributed by atoms with E-state index in [0.29, 0.717) is 19.3 Å². The fourth-order valence-electron chi connectivity index (χ4n) is 7.91. The number of aliphatic hydroxyl groups is 7. The van der Waals surface area contributed by atoms with Crippen molar-refractivity contribution in [2.75, 3.05) is 13.2 Å². The van der Waals surface area contributed by atoms with Crippen molar-refractivity contribution < 1.29 is 50.0 Å². The van der Waals surface area contributed by atoms with Gasteiger partial charge in [-0.25, -0.2) is 0 Å². The molecule has 1 heterocycles. The quantitative estimate of drug-likeness (QED) is 0.0283. The second-order valence-electron chi connectivity index (χ2n) is 17.2. The summed E-state index contributed by atoms with van der Waals surface area (Å²) in [6.07, 6.45) is 25.8. The molecule has 0 saturated carbocycles. The van der Waals surface area contributed by atoms with E-state index in [0.717, 1.165) is 38.5 Å². The number of hydrogen-bond acceptors (Lipinski definition) is 10. The number of carbonyl (C=O) groups is 1. The first-order chi connectivity index (χ1) is 27.7. The van der Waals surface area contributed by atoms with E-state index in [-0.39, 0.29) is 6.42 Å². The summed E-state index contributed by atoms with van der Waals surface area (Å²) in [6.45, 7) is 3.44. The summed E-state index contributed by atoms with van der Waals surface area (Å²) >= 11 is 0. The molecule has 1 aliphatic rings. The third-order valence-corrected chi connectivity index (χ3v) is 11.9. The van der Waals surface area contributed by atoms with E-state index in [4.69, 9.17) is 9.47 Å². The lowest BCUT2D eigenvalue weighted by Crippen LogP contribution is -2.60. The molecule has 0 aromatic rings. The third-order valence-electron chi connectivity index (χ3n) is 11.9. The van der Waals surface area contributed by atoms with Gasteiger partial charge in [0.05, 0.1) is 25.4 Å². The highest BCUT2D eigenvalue weighted by Crippen LogP contribution is 2.23. The molecular weight excluding hydrogens is 727 g/mol. The standard InChI is InChI=1S/C46H91NO10/c1-3-5-7-9-11-13-15-16-17-18-19-20-21-22-24-26-28-30-32-34-39(50)45(55)47-37(36-56-46-44(54)43(53)42(52)40(35-48)57-46)41(51)38(49)33-31-29-27-25-23-14-12-10-8-6-4-2/h37-44,46,48-54H,3-36H2,1-2H3,(H,47,55)/t37-,38+,39+,40+,41-,42-,43-,44-,46+/m0/s1. The molecule has 1 amide bonds. The van der Waals surface area contributed by atoms with E-state index in [1.54, 1.807) is 0 Å². The summed E-state index contributed by atoms with van der Waals surface area (Å²) in [5, 5.41) is 75.6. The SMILES string of the molecule is CCCCCCCCCCCCCCCCCCCCC[C@@H](O)C(=O)N[C@@H](CO[C@@H]1O[C@H](CO)[C@H](O)[C@H](O)[C@@H]1O)[C@H](O)[C@H](O)CCCCCCCCCCCCC. The monoisotopic (exact) mass is 818 g/mol. The number of hydrogen-bond donors (Lipinski definition) is 8. The van der Waals surface area contributed by atoms with Gasteiger partial charge in [0.15, 0.2) is 6.29 Å². The Morgan fingerprint density at radius 1 is 0.544 bits per heavy atom. The molecule has 0 aliphatic carbocycles. The molecule has 1 aliphatic heterocycles. The van der Waals surface area contributed by atoms with Crippen LogP contribution in [0, 0.1) is 0 Å². The van der Waals surface area contributed by atoms with Crippen LogP contribution in [0.4, 0.5) is 0 Å². The molecule has 340 valence electrons. The van der Waals surface area contributed by atoms with Crippen molar-refractivity contribution in [2.45, 2.75) is 274 Å². The summed E-state index contributed by atoms with van der Waals surface area (Å²) in [5.41, 5.74) is 0. The van der Waals surface area contributed by atoms with Crippen LogP contribution in [0.2, 0.25) is 0 Å². The normalized spacial score (nSPS) is 22.0. The van der Waals surface area contributed by atoms with Gasteiger partial charge in [0, 0.05) is 0 Å². The predicted molar refractivity (Wildman–Crippen MR) is 229 cm³/mol. The fourth-order valence-corrected chi connectivity index (χ4v) is 7.91. The molecule has 0 aromatic carbocycles. The molecule has 0 unspecified atom stereocenters. The van der Waals surface area contributed by atoms with E-state index in [1.165, 1.54) is 141 Å². The zero-order chi connectivity index (χ0) is 41.9. The summed E-state index contributed by atoms with van der Waals surface area (Å²) in [7, 11) is 0. The van der Waals surface area contributed by atoms with Crippen LogP contribution in [0.3, 0.4) is 0 Å². The average molecular weight is 818 g/mol. The number of amides is 1. The summed E-state index contributed by atoms with van der Waals surface area (Å²) < 4.78 is 11.1. The Bertz CT molecular complexity index is 897. The largest absolute Gasteiger partial charge is 0.394 e. The van der Waals surface area contributed by atoms with Crippen LogP contribution in [0.5, 0.6) is 0 Å². The molecule has 0 spiro atoms. The van der Waals surface area contributed by atoms with Gasteiger partial charge >= 0.3 is 0 Å². The molecule has 1 saturated heterocycles. The van der Waals surface area contributed by atoms with Crippen LogP contribution in [0.1, 0.15) is 219 Å². The van der Waals surface area contributed by atoms with Crippen LogP contribution in [0.25, 0.3) is 0 Å². The van der Waals surface area contributed by atoms with Crippen LogP contribution in [0.15, 0.2) is 0 Å². The van der Waals surface area contributed by atoms with E-state index in [2.05, 4.69) is 19.2 Å². The molecule has 11 heteroatoms. The Kier molecular flexibility index (Phi) is 35.1. The van der Waals surface area contributed by atoms with Crippen LogP contribution in [-0.4, -0.2) is 110 Å². The van der Waals surface area contributed by atoms with Crippen molar-refractivity contribution in [1.29, 1.82) is 0 Å². The molecule has 1 rings (SSSR count). The molecule has 0 radical (unpaired) electrons. The average Bonchev–Trinajstić information content (AvgIpc) is 3.21. The van der Waals surface area contributed by atoms with Gasteiger partial charge in [0.2, 0.25) is 5.91 Å². The second-order valence-corrected chi connectivity index (χ2v) is 17.2. The van der Waals surface area contributed by atoms with Crippen molar-refractivity contribution in [3.8, 4) is 0 Å². The first-order valence-electron chi connectivity index (χ1n) is 23.9. The van der Waals surface area contributed by atoms with Crippen LogP contribution in [-0.2, 0) is 14.3 Å². The minimum absolute atomic E-state index is 0.266. The van der Waals surface area contributed by atoms with Crippen molar-refractivity contribution in [2.24, 2.45) is 0 Å². The number of carbonyl (C=O) groups excluding carboxylic acids is 1. The fraction of sp³-hybridized carbons (Fsp3) is 0.978. The third kappa shape index (κ3) is 26.8. The molecule has 1 fully saturated rings. The lowest BCUT2D eigenvalue weighted by Gasteiger charge is -2.40. The molecule has 8 N–H and O–H groups in total. The Balaban J connectivity index is 2.39. The predicted octanol–water partition coefficient (Wildman–Crippen LogP) is 7.89. The number of unbranched alkanes of at least 4 members (excludes halogenated alkanes) is 28. The maximum absolute atomic E-state index is 13.1. The molecular formula is C46H91NO10. The van der Waals surface area contributed by atoms with Gasteiger partial charge in [0.25, 0.3) is 0 Å². The smallest absolute Gasteiger partial charge is 0.249 e. The summed E-state index contributed by atoms with van der Waals surface area (Å²) in [4.78, 5) is 13.1. The van der Waals surface area contributed by atoms with Gasteiger partial charge < -0.3 is 50.5 Å². The zero-order valence-corrected chi connectivity index (χ0v) is 36.6. The minimum Gasteiger partial charge on any atom is -0.394 e. The lowest BCUT2D eigenvalue weighted by atomic mass is 9.98. The van der Waals surface area contributed by atoms with Crippen LogP contribution >= 0.6 is 0 Å². The van der Waals surface area contributed by atoms with Crippen molar-refractivity contribution in [3.63, 3.8) is 0 Å². The summed E-state index contributed by atoms with van der Waals surface area (Å²) in [5.74, 6) is -0.694. The maximum Gasteiger partial charge on any atom is 0.249 e. The first-order valence-corrected chi connectivity index (χ1v) is 23.9. The van der Waals surface area contributed by atoms with Crippen molar-refractivity contribution in [1.82, 2.24) is 5.32 Å². The van der Waals surface area contributed by atoms with E-state index < -0.39 is 74.2 Å². The van der Waals surface area contributed by atoms with Gasteiger partial charge in [-0.2, -0.15) is 0 Å². The second kappa shape index (κ2) is 36.9. The molecule has 0 aromatic heterocycles. The highest BCUT2D eigenvalue weighted by molar-refractivity contribution is 5.80. The maximum atomic E-state index is 13.1. The number of aliphatic hydroxyl groups excluding tert-OH is 7. The molecule has 57 heavy (non-hydrogen) atoms. The first kappa shape index (κ1) is 54.1. The van der Waals surface area contributed by atoms with Crippen molar-refractivity contribution >= 4 is 5.91 Å².